The van der Waals surface area contributed by atoms with Crippen LogP contribution in [0.2, 0.25) is 0 Å². The van der Waals surface area contributed by atoms with E-state index in [2.05, 4.69) is 32.6 Å². The van der Waals surface area contributed by atoms with Gasteiger partial charge in [0.15, 0.2) is 11.0 Å². The van der Waals surface area contributed by atoms with Crippen LogP contribution in [0, 0.1) is 0 Å². The Balaban J connectivity index is 0.000000195. The van der Waals surface area contributed by atoms with Gasteiger partial charge in [0.2, 0.25) is 0 Å². The standard InChI is InChI=1S/C7H5NOS.C4H12N/c9-10-7-4-2-1-3-6(7)5-8-10;1-5(2,3)4/h1-5H;1-4H3/q;+1. The maximum atomic E-state index is 11.0. The quantitative estimate of drug-likeness (QED) is 0.615. The molecule has 1 aromatic rings. The van der Waals surface area contributed by atoms with Crippen molar-refractivity contribution in [3.63, 3.8) is 0 Å². The van der Waals surface area contributed by atoms with Crippen molar-refractivity contribution < 1.29 is 8.69 Å². The third kappa shape index (κ3) is 4.36. The van der Waals surface area contributed by atoms with Crippen LogP contribution in [-0.2, 0) is 11.0 Å². The van der Waals surface area contributed by atoms with Gasteiger partial charge >= 0.3 is 0 Å². The smallest absolute Gasteiger partial charge is 0.173 e. The summed E-state index contributed by atoms with van der Waals surface area (Å²) in [7, 11) is 7.37. The van der Waals surface area contributed by atoms with Crippen LogP contribution in [0.1, 0.15) is 5.56 Å². The Bertz CT molecular complexity index is 388. The molecule has 2 rings (SSSR count). The van der Waals surface area contributed by atoms with E-state index >= 15 is 0 Å². The maximum absolute atomic E-state index is 11.0. The van der Waals surface area contributed by atoms with Crippen molar-refractivity contribution in [2.45, 2.75) is 4.90 Å². The molecule has 82 valence electrons. The molecule has 1 aliphatic heterocycles. The molecule has 15 heavy (non-hydrogen) atoms. The van der Waals surface area contributed by atoms with Crippen molar-refractivity contribution >= 4 is 17.2 Å². The minimum absolute atomic E-state index is 0.822. The van der Waals surface area contributed by atoms with Gasteiger partial charge in [0, 0.05) is 11.8 Å². The lowest BCUT2D eigenvalue weighted by molar-refractivity contribution is -0.849. The van der Waals surface area contributed by atoms with Crippen molar-refractivity contribution in [1.82, 2.24) is 0 Å². The highest BCUT2D eigenvalue weighted by Gasteiger charge is 2.11. The first-order valence-corrected chi connectivity index (χ1v) is 5.82. The minimum Gasteiger partial charge on any atom is -0.333 e. The topological polar surface area (TPSA) is 29.4 Å². The van der Waals surface area contributed by atoms with Crippen molar-refractivity contribution in [1.29, 1.82) is 0 Å². The summed E-state index contributed by atoms with van der Waals surface area (Å²) in [6.07, 6.45) is 1.64. The SMILES string of the molecule is C[N+](C)(C)C.O=S1N=Cc2ccccc21. The highest BCUT2D eigenvalue weighted by molar-refractivity contribution is 7.84. The van der Waals surface area contributed by atoms with Crippen molar-refractivity contribution in [3.05, 3.63) is 29.8 Å². The molecule has 4 heteroatoms. The Hall–Kier alpha value is -1.00. The first-order chi connectivity index (χ1) is 6.88. The number of rotatable bonds is 0. The summed E-state index contributed by atoms with van der Waals surface area (Å²) >= 11 is 0. The van der Waals surface area contributed by atoms with E-state index in [-0.39, 0.29) is 0 Å². The third-order valence-electron chi connectivity index (χ3n) is 1.39. The molecule has 1 atom stereocenters. The van der Waals surface area contributed by atoms with Crippen LogP contribution in [0.3, 0.4) is 0 Å². The summed E-state index contributed by atoms with van der Waals surface area (Å²) in [5.74, 6) is 0. The van der Waals surface area contributed by atoms with Gasteiger partial charge in [-0.25, -0.2) is 4.21 Å². The minimum atomic E-state index is -1.13. The fourth-order valence-electron chi connectivity index (χ4n) is 0.908. The summed E-state index contributed by atoms with van der Waals surface area (Å²) in [6, 6.07) is 7.51. The Morgan fingerprint density at radius 3 is 2.20 bits per heavy atom. The molecular weight excluding hydrogens is 208 g/mol. The Kier molecular flexibility index (Phi) is 3.77. The second-order valence-corrected chi connectivity index (χ2v) is 5.85. The van der Waals surface area contributed by atoms with Crippen LogP contribution in [0.25, 0.3) is 0 Å². The second kappa shape index (κ2) is 4.68. The number of benzene rings is 1. The Morgan fingerprint density at radius 1 is 1.13 bits per heavy atom. The molecule has 0 saturated carbocycles. The van der Waals surface area contributed by atoms with E-state index in [1.807, 2.05) is 24.3 Å². The predicted octanol–water partition coefficient (Wildman–Crippen LogP) is 1.46. The molecule has 0 radical (unpaired) electrons. The van der Waals surface area contributed by atoms with Crippen LogP contribution >= 0.6 is 0 Å². The van der Waals surface area contributed by atoms with Gasteiger partial charge in [-0.05, 0) is 6.07 Å². The maximum Gasteiger partial charge on any atom is 0.173 e. The summed E-state index contributed by atoms with van der Waals surface area (Å²) in [4.78, 5) is 0.822. The molecule has 1 aromatic carbocycles. The first-order valence-electron chi connectivity index (χ1n) is 4.72. The van der Waals surface area contributed by atoms with E-state index in [9.17, 15) is 4.21 Å². The van der Waals surface area contributed by atoms with Gasteiger partial charge < -0.3 is 4.48 Å². The lowest BCUT2D eigenvalue weighted by atomic mass is 10.2. The molecule has 0 aromatic heterocycles. The summed E-state index contributed by atoms with van der Waals surface area (Å²) < 4.78 is 15.7. The largest absolute Gasteiger partial charge is 0.333 e. The van der Waals surface area contributed by atoms with Crippen LogP contribution < -0.4 is 0 Å². The highest BCUT2D eigenvalue weighted by Crippen LogP contribution is 2.17. The molecule has 0 spiro atoms. The lowest BCUT2D eigenvalue weighted by Gasteiger charge is -2.14. The Labute approximate surface area is 93.6 Å². The van der Waals surface area contributed by atoms with Crippen molar-refractivity contribution in [2.24, 2.45) is 4.40 Å². The Morgan fingerprint density at radius 2 is 1.67 bits per heavy atom. The molecular formula is C11H17N2OS+. The average molecular weight is 225 g/mol. The molecule has 0 aliphatic carbocycles. The zero-order valence-corrected chi connectivity index (χ0v) is 10.4. The number of nitrogens with zero attached hydrogens (tertiary/aromatic N) is 2. The molecule has 0 fully saturated rings. The second-order valence-electron chi connectivity index (χ2n) is 4.70. The predicted molar refractivity (Wildman–Crippen MR) is 64.4 cm³/mol. The highest BCUT2D eigenvalue weighted by atomic mass is 32.2. The number of quaternary nitrogens is 1. The monoisotopic (exact) mass is 225 g/mol. The lowest BCUT2D eigenvalue weighted by Crippen LogP contribution is -2.27. The first kappa shape index (κ1) is 12.1. The number of hydrogen-bond donors (Lipinski definition) is 0. The van der Waals surface area contributed by atoms with E-state index in [1.54, 1.807) is 6.21 Å². The van der Waals surface area contributed by atoms with E-state index < -0.39 is 11.0 Å². The van der Waals surface area contributed by atoms with Gasteiger partial charge in [-0.2, -0.15) is 4.40 Å². The fraction of sp³-hybridized carbons (Fsp3) is 0.364. The van der Waals surface area contributed by atoms with E-state index in [4.69, 9.17) is 0 Å². The van der Waals surface area contributed by atoms with E-state index in [1.165, 1.54) is 0 Å². The van der Waals surface area contributed by atoms with Crippen molar-refractivity contribution in [2.75, 3.05) is 28.2 Å². The molecule has 0 saturated heterocycles. The molecule has 0 bridgehead atoms. The number of fused-ring (bicyclic) bond motifs is 1. The van der Waals surface area contributed by atoms with E-state index in [0.29, 0.717) is 0 Å². The van der Waals surface area contributed by atoms with Crippen LogP contribution in [0.15, 0.2) is 33.6 Å². The van der Waals surface area contributed by atoms with Crippen LogP contribution in [0.5, 0.6) is 0 Å². The van der Waals surface area contributed by atoms with Gasteiger partial charge in [-0.1, -0.05) is 18.2 Å². The third-order valence-corrected chi connectivity index (χ3v) is 2.44. The molecule has 1 heterocycles. The van der Waals surface area contributed by atoms with Crippen molar-refractivity contribution in [3.8, 4) is 0 Å². The summed E-state index contributed by atoms with van der Waals surface area (Å²) in [5, 5.41) is 0. The summed E-state index contributed by atoms with van der Waals surface area (Å²) in [6.45, 7) is 0. The van der Waals surface area contributed by atoms with Gasteiger partial charge in [0.1, 0.15) is 0 Å². The van der Waals surface area contributed by atoms with Crippen LogP contribution in [0.4, 0.5) is 0 Å². The molecule has 0 amide bonds. The normalized spacial score (nSPS) is 18.0. The molecule has 1 unspecified atom stereocenters. The number of hydrogen-bond acceptors (Lipinski definition) is 1. The molecule has 1 aliphatic rings. The molecule has 3 nitrogen and oxygen atoms in total. The summed E-state index contributed by atoms with van der Waals surface area (Å²) in [5.41, 5.74) is 0.973. The van der Waals surface area contributed by atoms with Crippen LogP contribution in [-0.4, -0.2) is 43.1 Å². The zero-order valence-electron chi connectivity index (χ0n) is 9.60. The van der Waals surface area contributed by atoms with Gasteiger partial charge in [-0.3, -0.25) is 0 Å². The van der Waals surface area contributed by atoms with Gasteiger partial charge in [0.05, 0.1) is 33.1 Å². The average Bonchev–Trinajstić information content (AvgIpc) is 2.46. The van der Waals surface area contributed by atoms with Gasteiger partial charge in [0.25, 0.3) is 0 Å². The zero-order chi connectivity index (χ0) is 11.5. The van der Waals surface area contributed by atoms with Gasteiger partial charge in [-0.15, -0.1) is 0 Å². The fourth-order valence-corrected chi connectivity index (χ4v) is 1.75. The van der Waals surface area contributed by atoms with E-state index in [0.717, 1.165) is 14.9 Å². The molecule has 0 N–H and O–H groups in total.